The van der Waals surface area contributed by atoms with Gasteiger partial charge in [0.15, 0.2) is 0 Å². The molecule has 0 saturated carbocycles. The summed E-state index contributed by atoms with van der Waals surface area (Å²) in [4.78, 5) is 2.27. The molecule has 0 radical (unpaired) electrons. The van der Waals surface area contributed by atoms with E-state index in [1.165, 1.54) is 0 Å². The topological polar surface area (TPSA) is 59.1 Å². The molecule has 0 saturated heterocycles. The summed E-state index contributed by atoms with van der Waals surface area (Å²) in [6.45, 7) is 7.53. The highest BCUT2D eigenvalue weighted by Gasteiger charge is 2.38. The Hall–Kier alpha value is -0.910. The molecular formula is C14H29N5. The summed E-state index contributed by atoms with van der Waals surface area (Å²) in [5.74, 6) is 5.85. The Morgan fingerprint density at radius 1 is 1.37 bits per heavy atom. The Balaban J connectivity index is 3.08. The molecular weight excluding hydrogens is 238 g/mol. The predicted molar refractivity (Wildman–Crippen MR) is 79.6 cm³/mol. The molecule has 19 heavy (non-hydrogen) atoms. The molecule has 1 rings (SSSR count). The van der Waals surface area contributed by atoms with Crippen molar-refractivity contribution in [3.63, 3.8) is 0 Å². The van der Waals surface area contributed by atoms with E-state index in [0.717, 1.165) is 31.4 Å². The van der Waals surface area contributed by atoms with Gasteiger partial charge in [0.1, 0.15) is 0 Å². The number of hydrazine groups is 1. The summed E-state index contributed by atoms with van der Waals surface area (Å²) in [5.41, 5.74) is 4.17. The maximum Gasteiger partial charge on any atom is 0.0674 e. The zero-order chi connectivity index (χ0) is 14.5. The molecule has 5 heteroatoms. The predicted octanol–water partition coefficient (Wildman–Crippen LogP) is 1.92. The number of nitrogens with zero attached hydrogens (tertiary/aromatic N) is 3. The van der Waals surface area contributed by atoms with Gasteiger partial charge in [0.05, 0.1) is 12.2 Å². The molecule has 1 aromatic heterocycles. The summed E-state index contributed by atoms with van der Waals surface area (Å²) in [6.07, 6.45) is 7.19. The van der Waals surface area contributed by atoms with Crippen LogP contribution >= 0.6 is 0 Å². The highest BCUT2D eigenvalue weighted by molar-refractivity contribution is 5.17. The normalized spacial score (nSPS) is 14.1. The number of nitrogens with two attached hydrogens (primary N) is 1. The van der Waals surface area contributed by atoms with Gasteiger partial charge < -0.3 is 4.90 Å². The number of nitrogens with one attached hydrogen (secondary N) is 1. The van der Waals surface area contributed by atoms with Gasteiger partial charge in [-0.05, 0) is 33.4 Å². The van der Waals surface area contributed by atoms with Gasteiger partial charge in [0.25, 0.3) is 0 Å². The van der Waals surface area contributed by atoms with Crippen LogP contribution in [0.2, 0.25) is 0 Å². The van der Waals surface area contributed by atoms with Crippen LogP contribution in [0.3, 0.4) is 0 Å². The van der Waals surface area contributed by atoms with E-state index in [-0.39, 0.29) is 11.6 Å². The molecule has 0 fully saturated rings. The molecule has 0 aliphatic carbocycles. The largest absolute Gasteiger partial charge is 0.302 e. The van der Waals surface area contributed by atoms with E-state index in [1.54, 1.807) is 0 Å². The second kappa shape index (κ2) is 7.03. The van der Waals surface area contributed by atoms with Crippen LogP contribution < -0.4 is 11.3 Å². The molecule has 0 aliphatic rings. The van der Waals surface area contributed by atoms with Crippen molar-refractivity contribution in [1.29, 1.82) is 0 Å². The maximum absolute atomic E-state index is 5.85. The van der Waals surface area contributed by atoms with Gasteiger partial charge in [-0.1, -0.05) is 20.8 Å². The second-order valence-electron chi connectivity index (χ2n) is 5.34. The minimum atomic E-state index is 0.00876. The smallest absolute Gasteiger partial charge is 0.0674 e. The van der Waals surface area contributed by atoms with Crippen molar-refractivity contribution < 1.29 is 0 Å². The third-order valence-corrected chi connectivity index (χ3v) is 4.26. The van der Waals surface area contributed by atoms with Crippen molar-refractivity contribution in [3.05, 3.63) is 18.0 Å². The van der Waals surface area contributed by atoms with Crippen LogP contribution in [-0.2, 0) is 6.54 Å². The first-order chi connectivity index (χ1) is 9.05. The summed E-state index contributed by atoms with van der Waals surface area (Å²) < 4.78 is 1.99. The summed E-state index contributed by atoms with van der Waals surface area (Å²) in [6, 6.07) is 0.0862. The van der Waals surface area contributed by atoms with Crippen LogP contribution in [0.1, 0.15) is 51.6 Å². The minimum absolute atomic E-state index is 0.00876. The lowest BCUT2D eigenvalue weighted by atomic mass is 9.81. The van der Waals surface area contributed by atoms with Crippen LogP contribution in [0.25, 0.3) is 0 Å². The van der Waals surface area contributed by atoms with Crippen molar-refractivity contribution in [2.75, 3.05) is 14.1 Å². The zero-order valence-electron chi connectivity index (χ0n) is 13.0. The lowest BCUT2D eigenvalue weighted by Crippen LogP contribution is -2.54. The number of likely N-dealkylation sites (N-methyl/N-ethyl adjacent to an activating group) is 1. The van der Waals surface area contributed by atoms with E-state index in [9.17, 15) is 0 Å². The Labute approximate surface area is 117 Å². The van der Waals surface area contributed by atoms with Gasteiger partial charge in [-0.15, -0.1) is 0 Å². The van der Waals surface area contributed by atoms with E-state index in [0.29, 0.717) is 0 Å². The highest BCUT2D eigenvalue weighted by Crippen LogP contribution is 2.35. The molecule has 3 N–H and O–H groups in total. The van der Waals surface area contributed by atoms with E-state index in [2.05, 4.69) is 56.5 Å². The summed E-state index contributed by atoms with van der Waals surface area (Å²) >= 11 is 0. The third-order valence-electron chi connectivity index (χ3n) is 4.26. The molecule has 0 aromatic carbocycles. The quantitative estimate of drug-likeness (QED) is 0.558. The minimum Gasteiger partial charge on any atom is -0.302 e. The van der Waals surface area contributed by atoms with Crippen LogP contribution in [0, 0.1) is 0 Å². The Morgan fingerprint density at radius 2 is 2.00 bits per heavy atom. The third kappa shape index (κ3) is 3.16. The fraction of sp³-hybridized carbons (Fsp3) is 0.786. The van der Waals surface area contributed by atoms with Gasteiger partial charge in [-0.3, -0.25) is 16.0 Å². The average Bonchev–Trinajstić information content (AvgIpc) is 2.84. The standard InChI is InChI=1S/C14H29N5/c1-6-9-19-11-12(10-16-19)13(17-15)14(7-2,8-3)18(4)5/h10-11,13,17H,6-9,15H2,1-5H3. The van der Waals surface area contributed by atoms with Crippen LogP contribution in [0.4, 0.5) is 0 Å². The van der Waals surface area contributed by atoms with E-state index in [1.807, 2.05) is 10.9 Å². The molecule has 0 aliphatic heterocycles. The van der Waals surface area contributed by atoms with Gasteiger partial charge >= 0.3 is 0 Å². The van der Waals surface area contributed by atoms with Crippen molar-refractivity contribution in [2.24, 2.45) is 5.84 Å². The molecule has 1 atom stereocenters. The Bertz CT molecular complexity index is 368. The Kier molecular flexibility index (Phi) is 5.97. The first kappa shape index (κ1) is 16.1. The van der Waals surface area contributed by atoms with Crippen molar-refractivity contribution in [1.82, 2.24) is 20.1 Å². The maximum atomic E-state index is 5.85. The lowest BCUT2D eigenvalue weighted by Gasteiger charge is -2.44. The molecule has 0 spiro atoms. The monoisotopic (exact) mass is 267 g/mol. The zero-order valence-corrected chi connectivity index (χ0v) is 13.0. The number of aromatic nitrogens is 2. The number of rotatable bonds is 8. The fourth-order valence-corrected chi connectivity index (χ4v) is 2.99. The number of hydrogen-bond donors (Lipinski definition) is 2. The average molecular weight is 267 g/mol. The lowest BCUT2D eigenvalue weighted by molar-refractivity contribution is 0.0881. The highest BCUT2D eigenvalue weighted by atomic mass is 15.3. The van der Waals surface area contributed by atoms with Crippen LogP contribution in [0.5, 0.6) is 0 Å². The summed E-state index contributed by atoms with van der Waals surface area (Å²) in [7, 11) is 4.24. The molecule has 1 unspecified atom stereocenters. The van der Waals surface area contributed by atoms with E-state index in [4.69, 9.17) is 5.84 Å². The number of hydrogen-bond acceptors (Lipinski definition) is 4. The Morgan fingerprint density at radius 3 is 2.42 bits per heavy atom. The first-order valence-electron chi connectivity index (χ1n) is 7.21. The van der Waals surface area contributed by atoms with Crippen molar-refractivity contribution >= 4 is 0 Å². The van der Waals surface area contributed by atoms with Crippen molar-refractivity contribution in [3.8, 4) is 0 Å². The van der Waals surface area contributed by atoms with Gasteiger partial charge in [0.2, 0.25) is 0 Å². The molecule has 0 amide bonds. The van der Waals surface area contributed by atoms with Crippen LogP contribution in [-0.4, -0.2) is 34.3 Å². The molecule has 1 aromatic rings. The van der Waals surface area contributed by atoms with E-state index < -0.39 is 0 Å². The molecule has 1 heterocycles. The van der Waals surface area contributed by atoms with Crippen molar-refractivity contribution in [2.45, 2.75) is 58.2 Å². The van der Waals surface area contributed by atoms with Gasteiger partial charge in [0, 0.05) is 23.8 Å². The van der Waals surface area contributed by atoms with Crippen LogP contribution in [0.15, 0.2) is 12.4 Å². The SMILES string of the molecule is CCCn1cc(C(NN)C(CC)(CC)N(C)C)cn1. The van der Waals surface area contributed by atoms with Gasteiger partial charge in [-0.25, -0.2) is 0 Å². The molecule has 110 valence electrons. The molecule has 5 nitrogen and oxygen atoms in total. The fourth-order valence-electron chi connectivity index (χ4n) is 2.99. The van der Waals surface area contributed by atoms with Gasteiger partial charge in [-0.2, -0.15) is 5.10 Å². The first-order valence-corrected chi connectivity index (χ1v) is 7.21. The second-order valence-corrected chi connectivity index (χ2v) is 5.34. The summed E-state index contributed by atoms with van der Waals surface area (Å²) in [5, 5.41) is 4.42. The number of aryl methyl sites for hydroxylation is 1. The van der Waals surface area contributed by atoms with E-state index >= 15 is 0 Å². The molecule has 0 bridgehead atoms.